The zero-order valence-electron chi connectivity index (χ0n) is 13.2. The van der Waals surface area contributed by atoms with Gasteiger partial charge >= 0.3 is 0 Å². The van der Waals surface area contributed by atoms with Gasteiger partial charge in [0.2, 0.25) is 12.7 Å². The number of likely N-dealkylation sites (tertiary alicyclic amines) is 1. The summed E-state index contributed by atoms with van der Waals surface area (Å²) >= 11 is 0. The van der Waals surface area contributed by atoms with Crippen LogP contribution in [0.15, 0.2) is 18.2 Å². The van der Waals surface area contributed by atoms with Gasteiger partial charge in [-0.15, -0.1) is 0 Å². The molecule has 23 heavy (non-hydrogen) atoms. The molecule has 0 saturated carbocycles. The number of nitrogens with zero attached hydrogens (tertiary/aromatic N) is 1. The summed E-state index contributed by atoms with van der Waals surface area (Å²) in [5, 5.41) is 0. The first-order chi connectivity index (χ1) is 11.2. The average molecular weight is 319 g/mol. The Bertz CT molecular complexity index is 611. The Balaban J connectivity index is 1.34. The molecule has 0 radical (unpaired) electrons. The second-order valence-electron chi connectivity index (χ2n) is 6.50. The second-order valence-corrected chi connectivity index (χ2v) is 6.50. The van der Waals surface area contributed by atoms with E-state index in [4.69, 9.17) is 18.9 Å². The number of fused-ring (bicyclic) bond motifs is 1. The van der Waals surface area contributed by atoms with Crippen LogP contribution >= 0.6 is 0 Å². The van der Waals surface area contributed by atoms with Crippen molar-refractivity contribution in [1.82, 2.24) is 4.90 Å². The lowest BCUT2D eigenvalue weighted by molar-refractivity contribution is -0.198. The van der Waals surface area contributed by atoms with Crippen LogP contribution in [-0.4, -0.2) is 56.1 Å². The number of carbonyl (C=O) groups excluding carboxylic acids is 1. The van der Waals surface area contributed by atoms with Crippen molar-refractivity contribution in [2.24, 2.45) is 0 Å². The number of amides is 1. The van der Waals surface area contributed by atoms with E-state index < -0.39 is 0 Å². The summed E-state index contributed by atoms with van der Waals surface area (Å²) in [6.45, 7) is 2.29. The first kappa shape index (κ1) is 14.8. The highest BCUT2D eigenvalue weighted by Gasteiger charge is 2.49. The highest BCUT2D eigenvalue weighted by molar-refractivity contribution is 5.80. The van der Waals surface area contributed by atoms with E-state index in [2.05, 4.69) is 0 Å². The predicted octanol–water partition coefficient (Wildman–Crippen LogP) is 1.36. The smallest absolute Gasteiger partial charge is 0.231 e. The van der Waals surface area contributed by atoms with Crippen molar-refractivity contribution < 1.29 is 23.7 Å². The first-order valence-electron chi connectivity index (χ1n) is 8.00. The van der Waals surface area contributed by atoms with Crippen molar-refractivity contribution in [1.29, 1.82) is 0 Å². The molecule has 3 heterocycles. The minimum Gasteiger partial charge on any atom is -0.454 e. The number of ether oxygens (including phenoxy) is 4. The lowest BCUT2D eigenvalue weighted by atomic mass is 9.84. The first-order valence-corrected chi connectivity index (χ1v) is 8.00. The minimum absolute atomic E-state index is 0.123. The second kappa shape index (κ2) is 5.69. The van der Waals surface area contributed by atoms with Gasteiger partial charge in [-0.25, -0.2) is 0 Å². The van der Waals surface area contributed by atoms with E-state index in [0.717, 1.165) is 24.2 Å². The lowest BCUT2D eigenvalue weighted by Crippen LogP contribution is -2.67. The van der Waals surface area contributed by atoms with Gasteiger partial charge in [0, 0.05) is 20.1 Å². The van der Waals surface area contributed by atoms with Gasteiger partial charge in [0.05, 0.1) is 25.6 Å². The third kappa shape index (κ3) is 2.77. The van der Waals surface area contributed by atoms with E-state index >= 15 is 0 Å². The van der Waals surface area contributed by atoms with Crippen LogP contribution < -0.4 is 9.47 Å². The maximum absolute atomic E-state index is 12.4. The van der Waals surface area contributed by atoms with Gasteiger partial charge in [-0.05, 0) is 24.1 Å². The number of hydrogen-bond donors (Lipinski definition) is 0. The molecule has 0 aromatic heterocycles. The van der Waals surface area contributed by atoms with E-state index in [0.29, 0.717) is 31.9 Å². The molecule has 0 unspecified atom stereocenters. The quantitative estimate of drug-likeness (QED) is 0.842. The molecule has 2 fully saturated rings. The van der Waals surface area contributed by atoms with E-state index in [1.165, 1.54) is 0 Å². The van der Waals surface area contributed by atoms with Gasteiger partial charge in [0.15, 0.2) is 11.5 Å². The molecule has 6 nitrogen and oxygen atoms in total. The van der Waals surface area contributed by atoms with Crippen LogP contribution in [0.3, 0.4) is 0 Å². The Morgan fingerprint density at radius 2 is 2.17 bits per heavy atom. The Morgan fingerprint density at radius 1 is 1.35 bits per heavy atom. The molecule has 0 bridgehead atoms. The largest absolute Gasteiger partial charge is 0.454 e. The number of rotatable bonds is 3. The fourth-order valence-corrected chi connectivity index (χ4v) is 3.57. The van der Waals surface area contributed by atoms with Crippen LogP contribution in [0, 0.1) is 0 Å². The summed E-state index contributed by atoms with van der Waals surface area (Å²) in [7, 11) is 1.74. The van der Waals surface area contributed by atoms with Gasteiger partial charge in [-0.1, -0.05) is 6.07 Å². The van der Waals surface area contributed by atoms with Gasteiger partial charge in [-0.3, -0.25) is 4.79 Å². The Morgan fingerprint density at radius 3 is 3.00 bits per heavy atom. The Hall–Kier alpha value is -1.79. The molecule has 124 valence electrons. The number of methoxy groups -OCH3 is 1. The molecular formula is C17H21NO5. The van der Waals surface area contributed by atoms with Crippen molar-refractivity contribution in [2.45, 2.75) is 31.0 Å². The predicted molar refractivity (Wildman–Crippen MR) is 81.6 cm³/mol. The van der Waals surface area contributed by atoms with Crippen molar-refractivity contribution in [3.05, 3.63) is 23.8 Å². The molecule has 6 heteroatoms. The zero-order chi connectivity index (χ0) is 15.9. The molecule has 1 atom stereocenters. The summed E-state index contributed by atoms with van der Waals surface area (Å²) in [4.78, 5) is 14.3. The molecule has 0 aliphatic carbocycles. The average Bonchev–Trinajstić information content (AvgIpc) is 3.00. The normalized spacial score (nSPS) is 24.6. The third-order valence-electron chi connectivity index (χ3n) is 4.88. The molecule has 3 aliphatic rings. The van der Waals surface area contributed by atoms with Crippen LogP contribution in [0.25, 0.3) is 0 Å². The van der Waals surface area contributed by atoms with Crippen LogP contribution in [0.4, 0.5) is 0 Å². The highest BCUT2D eigenvalue weighted by atomic mass is 16.7. The topological polar surface area (TPSA) is 57.2 Å². The summed E-state index contributed by atoms with van der Waals surface area (Å²) in [5.41, 5.74) is 0.753. The van der Waals surface area contributed by atoms with Gasteiger partial charge in [0.1, 0.15) is 5.60 Å². The maximum Gasteiger partial charge on any atom is 0.231 e. The van der Waals surface area contributed by atoms with Gasteiger partial charge in [-0.2, -0.15) is 0 Å². The summed E-state index contributed by atoms with van der Waals surface area (Å²) in [6, 6.07) is 5.66. The number of benzene rings is 1. The molecule has 4 rings (SSSR count). The van der Waals surface area contributed by atoms with Gasteiger partial charge in [0.25, 0.3) is 0 Å². The molecular weight excluding hydrogens is 298 g/mol. The number of hydrogen-bond acceptors (Lipinski definition) is 5. The summed E-state index contributed by atoms with van der Waals surface area (Å²) in [5.74, 6) is 1.58. The maximum atomic E-state index is 12.4. The summed E-state index contributed by atoms with van der Waals surface area (Å²) in [6.07, 6.45) is 2.43. The number of carbonyl (C=O) groups is 1. The van der Waals surface area contributed by atoms with Crippen LogP contribution in [0.5, 0.6) is 11.5 Å². The molecule has 3 aliphatic heterocycles. The third-order valence-corrected chi connectivity index (χ3v) is 4.88. The molecule has 1 aromatic carbocycles. The van der Waals surface area contributed by atoms with E-state index in [9.17, 15) is 4.79 Å². The Kier molecular flexibility index (Phi) is 3.66. The monoisotopic (exact) mass is 319 g/mol. The van der Waals surface area contributed by atoms with Crippen molar-refractivity contribution in [2.75, 3.05) is 33.6 Å². The fourth-order valence-electron chi connectivity index (χ4n) is 3.57. The summed E-state index contributed by atoms with van der Waals surface area (Å²) < 4.78 is 22.0. The Labute approximate surface area is 135 Å². The van der Waals surface area contributed by atoms with Crippen molar-refractivity contribution >= 4 is 5.91 Å². The lowest BCUT2D eigenvalue weighted by Gasteiger charge is -2.53. The van der Waals surface area contributed by atoms with Crippen LogP contribution in [0.2, 0.25) is 0 Å². The van der Waals surface area contributed by atoms with Crippen LogP contribution in [0.1, 0.15) is 18.4 Å². The molecule has 2 saturated heterocycles. The molecule has 1 spiro atoms. The molecule has 1 amide bonds. The van der Waals surface area contributed by atoms with E-state index in [-0.39, 0.29) is 24.4 Å². The zero-order valence-corrected chi connectivity index (χ0v) is 13.2. The highest BCUT2D eigenvalue weighted by Crippen LogP contribution is 2.36. The molecule has 0 N–H and O–H groups in total. The van der Waals surface area contributed by atoms with Crippen LogP contribution in [-0.2, 0) is 20.7 Å². The van der Waals surface area contributed by atoms with E-state index in [1.54, 1.807) is 7.11 Å². The standard InChI is InChI=1S/C17H21NO5/c1-20-13-4-5-23-17(8-13)9-18(10-17)16(19)7-12-2-3-14-15(6-12)22-11-21-14/h2-3,6,13H,4-5,7-11H2,1H3/t13-/m0/s1. The van der Waals surface area contributed by atoms with Crippen molar-refractivity contribution in [3.63, 3.8) is 0 Å². The molecule has 1 aromatic rings. The minimum atomic E-state index is -0.191. The van der Waals surface area contributed by atoms with Gasteiger partial charge < -0.3 is 23.8 Å². The fraction of sp³-hybridized carbons (Fsp3) is 0.588. The van der Waals surface area contributed by atoms with Crippen molar-refractivity contribution in [3.8, 4) is 11.5 Å². The van der Waals surface area contributed by atoms with E-state index in [1.807, 2.05) is 23.1 Å². The SMILES string of the molecule is CO[C@H]1CCOC2(C1)CN(C(=O)Cc1ccc3c(c1)OCO3)C2.